The van der Waals surface area contributed by atoms with Gasteiger partial charge in [0.25, 0.3) is 0 Å². The third-order valence-corrected chi connectivity index (χ3v) is 1.56. The second-order valence-corrected chi connectivity index (χ2v) is 2.35. The van der Waals surface area contributed by atoms with Crippen LogP contribution in [0.4, 0.5) is 0 Å². The average Bonchev–Trinajstić information content (AvgIpc) is 1.88. The molecule has 1 aliphatic heterocycles. The summed E-state index contributed by atoms with van der Waals surface area (Å²) in [6.07, 6.45) is 0.818. The molecule has 1 rings (SSSR count). The fourth-order valence-corrected chi connectivity index (χ4v) is 0.944. The summed E-state index contributed by atoms with van der Waals surface area (Å²) in [4.78, 5) is 20.9. The van der Waals surface area contributed by atoms with Gasteiger partial charge in [-0.25, -0.2) is 0 Å². The number of nitrogens with one attached hydrogen (secondary N) is 1. The zero-order valence-corrected chi connectivity index (χ0v) is 6.69. The van der Waals surface area contributed by atoms with Crippen LogP contribution in [0.3, 0.4) is 0 Å². The van der Waals surface area contributed by atoms with Crippen molar-refractivity contribution in [3.05, 3.63) is 0 Å². The van der Waals surface area contributed by atoms with Crippen LogP contribution in [0.2, 0.25) is 0 Å². The predicted octanol–water partition coefficient (Wildman–Crippen LogP) is -0.186. The highest BCUT2D eigenvalue weighted by molar-refractivity contribution is 5.85. The van der Waals surface area contributed by atoms with Crippen molar-refractivity contribution in [1.82, 2.24) is 5.32 Å². The van der Waals surface area contributed by atoms with Crippen LogP contribution in [0, 0.1) is 0 Å². The minimum atomic E-state index is -0.868. The summed E-state index contributed by atoms with van der Waals surface area (Å²) in [7, 11) is 0. The summed E-state index contributed by atoms with van der Waals surface area (Å²) < 4.78 is 0. The van der Waals surface area contributed by atoms with E-state index in [1.807, 2.05) is 0 Å². The molecule has 1 fully saturated rings. The van der Waals surface area contributed by atoms with Gasteiger partial charge in [-0.2, -0.15) is 0 Å². The number of Topliss-reactive ketones (excluding diaryl/α,β-unsaturated/α-hetero) is 1. The normalized spacial score (nSPS) is 24.0. The zero-order chi connectivity index (χ0) is 7.56. The largest absolute Gasteiger partial charge is 0.480 e. The molecule has 0 aromatic carbocycles. The molecule has 0 amide bonds. The van der Waals surface area contributed by atoms with E-state index >= 15 is 0 Å². The number of rotatable bonds is 1. The molecule has 1 atom stereocenters. The second kappa shape index (κ2) is 4.31. The van der Waals surface area contributed by atoms with E-state index in [9.17, 15) is 9.59 Å². The minimum absolute atomic E-state index is 0. The first-order valence-electron chi connectivity index (χ1n) is 3.18. The number of carboxylic acid groups (broad SMARTS) is 1. The lowest BCUT2D eigenvalue weighted by atomic mass is 10.0. The van der Waals surface area contributed by atoms with Gasteiger partial charge in [0.1, 0.15) is 11.8 Å². The standard InChI is InChI=1S/C6H9NO3.ClH/c8-4-1-2-5(6(9)10)7-3-4;/h5,7H,1-3H2,(H,9,10);1H/t5-;/m0./s1. The summed E-state index contributed by atoms with van der Waals surface area (Å²) in [6, 6.07) is -0.516. The molecule has 1 aliphatic rings. The summed E-state index contributed by atoms with van der Waals surface area (Å²) in [5.41, 5.74) is 0. The molecule has 0 aliphatic carbocycles. The van der Waals surface area contributed by atoms with Crippen molar-refractivity contribution in [3.63, 3.8) is 0 Å². The monoisotopic (exact) mass is 179 g/mol. The molecule has 0 aromatic heterocycles. The van der Waals surface area contributed by atoms with Crippen LogP contribution in [-0.4, -0.2) is 29.4 Å². The Balaban J connectivity index is 0.000001000. The fraction of sp³-hybridized carbons (Fsp3) is 0.667. The van der Waals surface area contributed by atoms with Crippen LogP contribution in [-0.2, 0) is 9.59 Å². The maximum absolute atomic E-state index is 10.6. The van der Waals surface area contributed by atoms with Gasteiger partial charge in [-0.1, -0.05) is 0 Å². The highest BCUT2D eigenvalue weighted by Gasteiger charge is 2.22. The molecule has 64 valence electrons. The van der Waals surface area contributed by atoms with Gasteiger partial charge in [-0.3, -0.25) is 14.9 Å². The molecule has 0 radical (unpaired) electrons. The lowest BCUT2D eigenvalue weighted by molar-refractivity contribution is -0.140. The number of aliphatic carboxylic acids is 1. The van der Waals surface area contributed by atoms with Crippen LogP contribution in [0.1, 0.15) is 12.8 Å². The smallest absolute Gasteiger partial charge is 0.320 e. The number of piperidine rings is 1. The highest BCUT2D eigenvalue weighted by atomic mass is 35.5. The second-order valence-electron chi connectivity index (χ2n) is 2.35. The Labute approximate surface area is 70.4 Å². The highest BCUT2D eigenvalue weighted by Crippen LogP contribution is 2.03. The summed E-state index contributed by atoms with van der Waals surface area (Å²) in [5, 5.41) is 11.1. The summed E-state index contributed by atoms with van der Waals surface area (Å²) in [6.45, 7) is 0.205. The molecule has 0 bridgehead atoms. The maximum Gasteiger partial charge on any atom is 0.320 e. The third-order valence-electron chi connectivity index (χ3n) is 1.56. The number of carbonyl (C=O) groups is 2. The van der Waals surface area contributed by atoms with Crippen LogP contribution in [0.15, 0.2) is 0 Å². The van der Waals surface area contributed by atoms with Gasteiger partial charge in [0.15, 0.2) is 0 Å². The van der Waals surface area contributed by atoms with Gasteiger partial charge < -0.3 is 5.11 Å². The first-order chi connectivity index (χ1) is 4.70. The van der Waals surface area contributed by atoms with Crippen molar-refractivity contribution in [3.8, 4) is 0 Å². The number of halogens is 1. The lowest BCUT2D eigenvalue weighted by Gasteiger charge is -2.17. The van der Waals surface area contributed by atoms with Gasteiger partial charge in [0.05, 0.1) is 6.54 Å². The van der Waals surface area contributed by atoms with E-state index in [1.165, 1.54) is 0 Å². The number of carboxylic acids is 1. The number of ketones is 1. The SMILES string of the molecule is Cl.O=C1CC[C@@H](C(=O)O)NC1. The fourth-order valence-electron chi connectivity index (χ4n) is 0.944. The predicted molar refractivity (Wildman–Crippen MR) is 40.9 cm³/mol. The number of carbonyl (C=O) groups excluding carboxylic acids is 1. The summed E-state index contributed by atoms with van der Waals surface area (Å²) >= 11 is 0. The van der Waals surface area contributed by atoms with Gasteiger partial charge in [0.2, 0.25) is 0 Å². The van der Waals surface area contributed by atoms with E-state index in [-0.39, 0.29) is 24.7 Å². The van der Waals surface area contributed by atoms with Crippen molar-refractivity contribution < 1.29 is 14.7 Å². The number of hydrogen-bond acceptors (Lipinski definition) is 3. The Morgan fingerprint density at radius 3 is 2.64 bits per heavy atom. The molecule has 4 nitrogen and oxygen atoms in total. The van der Waals surface area contributed by atoms with Gasteiger partial charge in [-0.05, 0) is 6.42 Å². The average molecular weight is 180 g/mol. The molecule has 1 heterocycles. The Morgan fingerprint density at radius 1 is 1.64 bits per heavy atom. The van der Waals surface area contributed by atoms with E-state index in [0.717, 1.165) is 0 Å². The topological polar surface area (TPSA) is 66.4 Å². The minimum Gasteiger partial charge on any atom is -0.480 e. The quantitative estimate of drug-likeness (QED) is 0.586. The van der Waals surface area contributed by atoms with Gasteiger partial charge in [-0.15, -0.1) is 12.4 Å². The van der Waals surface area contributed by atoms with Crippen LogP contribution < -0.4 is 5.32 Å². The van der Waals surface area contributed by atoms with E-state index in [0.29, 0.717) is 12.8 Å². The molecule has 0 spiro atoms. The molecule has 0 unspecified atom stereocenters. The van der Waals surface area contributed by atoms with Crippen molar-refractivity contribution in [2.24, 2.45) is 0 Å². The van der Waals surface area contributed by atoms with Crippen LogP contribution >= 0.6 is 12.4 Å². The molecule has 2 N–H and O–H groups in total. The Kier molecular flexibility index (Phi) is 4.07. The van der Waals surface area contributed by atoms with Crippen LogP contribution in [0.25, 0.3) is 0 Å². The Morgan fingerprint density at radius 2 is 2.27 bits per heavy atom. The van der Waals surface area contributed by atoms with Crippen molar-refractivity contribution in [1.29, 1.82) is 0 Å². The van der Waals surface area contributed by atoms with Gasteiger partial charge >= 0.3 is 5.97 Å². The Bertz CT molecular complexity index is 161. The van der Waals surface area contributed by atoms with E-state index in [1.54, 1.807) is 0 Å². The number of hydrogen-bond donors (Lipinski definition) is 2. The van der Waals surface area contributed by atoms with Gasteiger partial charge in [0, 0.05) is 6.42 Å². The van der Waals surface area contributed by atoms with E-state index in [2.05, 4.69) is 5.32 Å². The van der Waals surface area contributed by atoms with Crippen LogP contribution in [0.5, 0.6) is 0 Å². The molecule has 1 saturated heterocycles. The molecular formula is C6H10ClNO3. The van der Waals surface area contributed by atoms with Crippen molar-refractivity contribution >= 4 is 24.2 Å². The first kappa shape index (κ1) is 10.4. The Hall–Kier alpha value is -0.610. The van der Waals surface area contributed by atoms with Crippen molar-refractivity contribution in [2.75, 3.05) is 6.54 Å². The third kappa shape index (κ3) is 2.86. The van der Waals surface area contributed by atoms with E-state index in [4.69, 9.17) is 5.11 Å². The first-order valence-corrected chi connectivity index (χ1v) is 3.18. The zero-order valence-electron chi connectivity index (χ0n) is 5.87. The van der Waals surface area contributed by atoms with E-state index < -0.39 is 12.0 Å². The molecule has 5 heteroatoms. The molecule has 11 heavy (non-hydrogen) atoms. The molecular weight excluding hydrogens is 170 g/mol. The molecule has 0 aromatic rings. The van der Waals surface area contributed by atoms with Crippen molar-refractivity contribution in [2.45, 2.75) is 18.9 Å². The molecule has 0 saturated carbocycles. The maximum atomic E-state index is 10.6. The summed E-state index contributed by atoms with van der Waals surface area (Å²) in [5.74, 6) is -0.773. The lowest BCUT2D eigenvalue weighted by Crippen LogP contribution is -2.44.